The Morgan fingerprint density at radius 1 is 0.892 bits per heavy atom. The molecule has 0 spiro atoms. The molecule has 11 nitrogen and oxygen atoms in total. The molecule has 2 aromatic heterocycles. The lowest BCUT2D eigenvalue weighted by atomic mass is 9.96. The van der Waals surface area contributed by atoms with Gasteiger partial charge in [-0.15, -0.1) is 5.10 Å². The van der Waals surface area contributed by atoms with Crippen LogP contribution in [0.15, 0.2) is 67.0 Å². The fraction of sp³-hybridized carbons (Fsp3) is 0.231. The van der Waals surface area contributed by atoms with E-state index in [0.29, 0.717) is 40.3 Å². The smallest absolute Gasteiger partial charge is 0.409 e. The van der Waals surface area contributed by atoms with Crippen LogP contribution in [0.4, 0.5) is 27.8 Å². The fourth-order valence-electron chi connectivity index (χ4n) is 4.32. The van der Waals surface area contributed by atoms with Gasteiger partial charge in [0.25, 0.3) is 5.91 Å². The average molecular weight is 499 g/mol. The Balaban J connectivity index is 1.24. The quantitative estimate of drug-likeness (QED) is 0.267. The summed E-state index contributed by atoms with van der Waals surface area (Å²) in [5.41, 5.74) is 3.13. The van der Waals surface area contributed by atoms with Crippen LogP contribution in [0, 0.1) is 0 Å². The number of aromatic nitrogens is 5. The van der Waals surface area contributed by atoms with Crippen molar-refractivity contribution < 1.29 is 14.7 Å². The van der Waals surface area contributed by atoms with E-state index < -0.39 is 6.09 Å². The molecule has 1 aliphatic carbocycles. The summed E-state index contributed by atoms with van der Waals surface area (Å²) in [7, 11) is 0. The first kappa shape index (κ1) is 23.9. The van der Waals surface area contributed by atoms with E-state index in [4.69, 9.17) is 5.11 Å². The lowest BCUT2D eigenvalue weighted by Crippen LogP contribution is -2.15. The van der Waals surface area contributed by atoms with Crippen molar-refractivity contribution in [2.45, 2.75) is 38.1 Å². The predicted octanol–water partition coefficient (Wildman–Crippen LogP) is 5.33. The maximum atomic E-state index is 12.7. The summed E-state index contributed by atoms with van der Waals surface area (Å²) in [5.74, 6) is 0.0288. The van der Waals surface area contributed by atoms with Crippen molar-refractivity contribution in [3.8, 4) is 11.4 Å². The molecule has 1 fully saturated rings. The monoisotopic (exact) mass is 498 g/mol. The molecule has 2 heterocycles. The third-order valence-electron chi connectivity index (χ3n) is 6.20. The number of amides is 2. The Hall–Kier alpha value is -4.80. The van der Waals surface area contributed by atoms with E-state index in [2.05, 4.69) is 36.2 Å². The van der Waals surface area contributed by atoms with Crippen LogP contribution in [0.1, 0.15) is 48.5 Å². The molecule has 1 aliphatic rings. The van der Waals surface area contributed by atoms with Gasteiger partial charge >= 0.3 is 6.09 Å². The van der Waals surface area contributed by atoms with Gasteiger partial charge < -0.3 is 15.7 Å². The summed E-state index contributed by atoms with van der Waals surface area (Å²) in [6.45, 7) is 0. The van der Waals surface area contributed by atoms with Gasteiger partial charge in [-0.05, 0) is 55.3 Å². The zero-order chi connectivity index (χ0) is 25.6. The minimum Gasteiger partial charge on any atom is -0.465 e. The van der Waals surface area contributed by atoms with E-state index in [1.165, 1.54) is 19.3 Å². The Morgan fingerprint density at radius 3 is 2.35 bits per heavy atom. The number of anilines is 4. The van der Waals surface area contributed by atoms with Gasteiger partial charge in [-0.2, -0.15) is 0 Å². The van der Waals surface area contributed by atoms with Crippen LogP contribution < -0.4 is 16.0 Å². The van der Waals surface area contributed by atoms with Gasteiger partial charge in [0.1, 0.15) is 5.69 Å². The first-order chi connectivity index (χ1) is 18.0. The molecule has 188 valence electrons. The highest BCUT2D eigenvalue weighted by Crippen LogP contribution is 2.28. The van der Waals surface area contributed by atoms with Gasteiger partial charge in [0, 0.05) is 17.4 Å². The number of carbonyl (C=O) groups is 2. The van der Waals surface area contributed by atoms with Crippen molar-refractivity contribution in [3.63, 3.8) is 0 Å². The molecule has 11 heteroatoms. The van der Waals surface area contributed by atoms with Crippen molar-refractivity contribution in [2.75, 3.05) is 16.0 Å². The summed E-state index contributed by atoms with van der Waals surface area (Å²) >= 11 is 0. The number of carboxylic acid groups (broad SMARTS) is 1. The second kappa shape index (κ2) is 10.9. The number of nitrogens with one attached hydrogen (secondary N) is 3. The molecule has 0 unspecified atom stereocenters. The van der Waals surface area contributed by atoms with Crippen LogP contribution in [0.3, 0.4) is 0 Å². The SMILES string of the molecule is O=C(O)Nc1ccccc1NC(=O)c1ccc(Nc2nccc(-c3cn(C4CCCCC4)nn3)n2)cc1. The van der Waals surface area contributed by atoms with E-state index in [1.807, 2.05) is 10.9 Å². The van der Waals surface area contributed by atoms with Crippen LogP contribution in [0.2, 0.25) is 0 Å². The molecule has 37 heavy (non-hydrogen) atoms. The van der Waals surface area contributed by atoms with Gasteiger partial charge in [-0.3, -0.25) is 10.1 Å². The molecule has 0 atom stereocenters. The number of benzene rings is 2. The van der Waals surface area contributed by atoms with E-state index in [-0.39, 0.29) is 11.6 Å². The maximum Gasteiger partial charge on any atom is 0.409 e. The second-order valence-corrected chi connectivity index (χ2v) is 8.77. The molecule has 2 amide bonds. The Bertz CT molecular complexity index is 1400. The summed E-state index contributed by atoms with van der Waals surface area (Å²) in [4.78, 5) is 32.5. The third kappa shape index (κ3) is 5.89. The zero-order valence-corrected chi connectivity index (χ0v) is 20.0. The van der Waals surface area contributed by atoms with E-state index in [0.717, 1.165) is 12.8 Å². The van der Waals surface area contributed by atoms with Crippen molar-refractivity contribution in [3.05, 3.63) is 72.6 Å². The van der Waals surface area contributed by atoms with E-state index >= 15 is 0 Å². The number of rotatable bonds is 7. The summed E-state index contributed by atoms with van der Waals surface area (Å²) in [5, 5.41) is 25.8. The van der Waals surface area contributed by atoms with Crippen molar-refractivity contribution in [1.29, 1.82) is 0 Å². The number of hydrogen-bond donors (Lipinski definition) is 4. The fourth-order valence-corrected chi connectivity index (χ4v) is 4.32. The predicted molar refractivity (Wildman–Crippen MR) is 139 cm³/mol. The lowest BCUT2D eigenvalue weighted by molar-refractivity contribution is 0.102. The number of para-hydroxylation sites is 2. The topological polar surface area (TPSA) is 147 Å². The van der Waals surface area contributed by atoms with Gasteiger partial charge in [0.2, 0.25) is 5.95 Å². The van der Waals surface area contributed by atoms with Crippen LogP contribution in [0.25, 0.3) is 11.4 Å². The Kier molecular flexibility index (Phi) is 7.02. The first-order valence-corrected chi connectivity index (χ1v) is 12.1. The Morgan fingerprint density at radius 2 is 1.62 bits per heavy atom. The molecule has 4 N–H and O–H groups in total. The second-order valence-electron chi connectivity index (χ2n) is 8.77. The normalized spacial score (nSPS) is 13.6. The summed E-state index contributed by atoms with van der Waals surface area (Å²) in [6.07, 6.45) is 8.36. The maximum absolute atomic E-state index is 12.7. The Labute approximate surface area is 213 Å². The van der Waals surface area contributed by atoms with E-state index in [9.17, 15) is 9.59 Å². The first-order valence-electron chi connectivity index (χ1n) is 12.1. The number of carbonyl (C=O) groups excluding carboxylic acids is 1. The highest BCUT2D eigenvalue weighted by molar-refractivity contribution is 6.07. The molecule has 4 aromatic rings. The molecule has 5 rings (SSSR count). The largest absolute Gasteiger partial charge is 0.465 e. The average Bonchev–Trinajstić information content (AvgIpc) is 3.41. The van der Waals surface area contributed by atoms with Crippen LogP contribution >= 0.6 is 0 Å². The number of nitrogens with zero attached hydrogens (tertiary/aromatic N) is 5. The van der Waals surface area contributed by atoms with Gasteiger partial charge in [0.05, 0.1) is 29.3 Å². The van der Waals surface area contributed by atoms with Crippen LogP contribution in [0.5, 0.6) is 0 Å². The highest BCUT2D eigenvalue weighted by atomic mass is 16.4. The minimum atomic E-state index is -1.21. The third-order valence-corrected chi connectivity index (χ3v) is 6.20. The highest BCUT2D eigenvalue weighted by Gasteiger charge is 2.18. The van der Waals surface area contributed by atoms with Crippen molar-refractivity contribution >= 4 is 35.0 Å². The molecule has 0 radical (unpaired) electrons. The number of hydrogen-bond acceptors (Lipinski definition) is 7. The van der Waals surface area contributed by atoms with Crippen LogP contribution in [-0.2, 0) is 0 Å². The standard InChI is InChI=1S/C26H26N8O3/c35-24(29-20-8-4-5-9-21(20)31-26(36)37)17-10-12-18(13-11-17)28-25-27-15-14-22(30-25)23-16-34(33-32-23)19-6-2-1-3-7-19/h4-5,8-16,19,31H,1-3,6-7H2,(H,29,35)(H,36,37)(H,27,28,30). The molecule has 0 aliphatic heterocycles. The molecular formula is C26H26N8O3. The summed E-state index contributed by atoms with van der Waals surface area (Å²) < 4.78 is 1.95. The lowest BCUT2D eigenvalue weighted by Gasteiger charge is -2.20. The molecule has 0 bridgehead atoms. The molecule has 2 aromatic carbocycles. The molecule has 1 saturated carbocycles. The van der Waals surface area contributed by atoms with Crippen molar-refractivity contribution in [1.82, 2.24) is 25.0 Å². The van der Waals surface area contributed by atoms with Gasteiger partial charge in [0.15, 0.2) is 0 Å². The van der Waals surface area contributed by atoms with E-state index in [1.54, 1.807) is 60.8 Å². The van der Waals surface area contributed by atoms with Gasteiger partial charge in [-0.1, -0.05) is 36.6 Å². The zero-order valence-electron chi connectivity index (χ0n) is 20.0. The van der Waals surface area contributed by atoms with Crippen molar-refractivity contribution in [2.24, 2.45) is 0 Å². The summed E-state index contributed by atoms with van der Waals surface area (Å²) in [6, 6.07) is 15.6. The molecular weight excluding hydrogens is 472 g/mol. The minimum absolute atomic E-state index is 0.289. The molecule has 0 saturated heterocycles. The van der Waals surface area contributed by atoms with Crippen LogP contribution in [-0.4, -0.2) is 42.1 Å². The van der Waals surface area contributed by atoms with Gasteiger partial charge in [-0.25, -0.2) is 19.4 Å².